The Bertz CT molecular complexity index is 436. The Kier molecular flexibility index (Phi) is 4.37. The van der Waals surface area contributed by atoms with Crippen LogP contribution in [-0.2, 0) is 4.74 Å². The van der Waals surface area contributed by atoms with E-state index >= 15 is 0 Å². The number of ether oxygens (including phenoxy) is 1. The molecular formula is C14H21N3O2. The van der Waals surface area contributed by atoms with Gasteiger partial charge in [0.2, 0.25) is 0 Å². The Hall–Kier alpha value is -1.62. The van der Waals surface area contributed by atoms with Crippen molar-refractivity contribution >= 4 is 11.7 Å². The molecule has 1 unspecified atom stereocenters. The predicted octanol–water partition coefficient (Wildman–Crippen LogP) is 1.47. The summed E-state index contributed by atoms with van der Waals surface area (Å²) in [6.45, 7) is 4.14. The zero-order valence-electron chi connectivity index (χ0n) is 11.6. The van der Waals surface area contributed by atoms with E-state index in [-0.39, 0.29) is 5.91 Å². The molecule has 1 atom stereocenters. The van der Waals surface area contributed by atoms with E-state index in [0.717, 1.165) is 38.3 Å². The maximum Gasteiger partial charge on any atom is 0.253 e. The molecule has 1 aromatic heterocycles. The predicted molar refractivity (Wildman–Crippen MR) is 73.9 cm³/mol. The molecule has 1 fully saturated rings. The number of hydrogen-bond acceptors (Lipinski definition) is 4. The Labute approximate surface area is 113 Å². The first-order valence-electron chi connectivity index (χ1n) is 6.63. The van der Waals surface area contributed by atoms with E-state index in [1.165, 1.54) is 0 Å². The molecule has 104 valence electrons. The van der Waals surface area contributed by atoms with Crippen molar-refractivity contribution in [2.75, 3.05) is 32.5 Å². The molecule has 1 saturated heterocycles. The highest BCUT2D eigenvalue weighted by molar-refractivity contribution is 5.94. The number of nitrogens with two attached hydrogens (primary N) is 1. The van der Waals surface area contributed by atoms with Gasteiger partial charge in [-0.25, -0.2) is 4.98 Å². The second-order valence-corrected chi connectivity index (χ2v) is 5.19. The highest BCUT2D eigenvalue weighted by Crippen LogP contribution is 2.16. The molecule has 2 N–H and O–H groups in total. The standard InChI is InChI=1S/C14H21N3O2/c1-10-6-12(7-13(15)16-10)14(18)17(2)8-11-4-3-5-19-9-11/h6-7,11H,3-5,8-9H2,1-2H3,(H2,15,16). The van der Waals surface area contributed by atoms with Gasteiger partial charge in [-0.05, 0) is 37.8 Å². The lowest BCUT2D eigenvalue weighted by molar-refractivity contribution is 0.0388. The first-order valence-corrected chi connectivity index (χ1v) is 6.63. The first kappa shape index (κ1) is 13.8. The van der Waals surface area contributed by atoms with Crippen LogP contribution in [0.1, 0.15) is 28.9 Å². The van der Waals surface area contributed by atoms with E-state index in [0.29, 0.717) is 17.3 Å². The Balaban J connectivity index is 2.01. The van der Waals surface area contributed by atoms with Crippen molar-refractivity contribution < 1.29 is 9.53 Å². The molecule has 0 spiro atoms. The van der Waals surface area contributed by atoms with Crippen LogP contribution < -0.4 is 5.73 Å². The lowest BCUT2D eigenvalue weighted by atomic mass is 10.0. The second-order valence-electron chi connectivity index (χ2n) is 5.19. The van der Waals surface area contributed by atoms with Crippen LogP contribution in [0.25, 0.3) is 0 Å². The third-order valence-corrected chi connectivity index (χ3v) is 3.35. The van der Waals surface area contributed by atoms with Crippen molar-refractivity contribution in [1.29, 1.82) is 0 Å². The van der Waals surface area contributed by atoms with Crippen LogP contribution in [0.3, 0.4) is 0 Å². The molecule has 0 saturated carbocycles. The Morgan fingerprint density at radius 1 is 1.58 bits per heavy atom. The van der Waals surface area contributed by atoms with Crippen LogP contribution in [0.2, 0.25) is 0 Å². The zero-order valence-corrected chi connectivity index (χ0v) is 11.6. The fourth-order valence-electron chi connectivity index (χ4n) is 2.46. The molecule has 0 bridgehead atoms. The topological polar surface area (TPSA) is 68.5 Å². The normalized spacial score (nSPS) is 19.2. The summed E-state index contributed by atoms with van der Waals surface area (Å²) in [5.41, 5.74) is 7.04. The van der Waals surface area contributed by atoms with E-state index in [9.17, 15) is 4.79 Å². The fourth-order valence-corrected chi connectivity index (χ4v) is 2.46. The third kappa shape index (κ3) is 3.67. The van der Waals surface area contributed by atoms with Crippen molar-refractivity contribution in [2.45, 2.75) is 19.8 Å². The molecule has 2 heterocycles. The van der Waals surface area contributed by atoms with Crippen LogP contribution >= 0.6 is 0 Å². The number of amides is 1. The van der Waals surface area contributed by atoms with Crippen molar-refractivity contribution in [1.82, 2.24) is 9.88 Å². The number of hydrogen-bond donors (Lipinski definition) is 1. The molecule has 1 amide bonds. The van der Waals surface area contributed by atoms with Crippen LogP contribution in [0.15, 0.2) is 12.1 Å². The number of anilines is 1. The molecule has 0 aliphatic carbocycles. The molecule has 1 aromatic rings. The molecule has 5 heteroatoms. The fraction of sp³-hybridized carbons (Fsp3) is 0.571. The van der Waals surface area contributed by atoms with Gasteiger partial charge in [-0.2, -0.15) is 0 Å². The Morgan fingerprint density at radius 3 is 3.00 bits per heavy atom. The number of carbonyl (C=O) groups is 1. The minimum atomic E-state index is -0.0113. The van der Waals surface area contributed by atoms with Gasteiger partial charge in [-0.3, -0.25) is 4.79 Å². The number of nitrogens with zero attached hydrogens (tertiary/aromatic N) is 2. The van der Waals surface area contributed by atoms with Crippen LogP contribution in [0.4, 0.5) is 5.82 Å². The lowest BCUT2D eigenvalue weighted by Gasteiger charge is -2.27. The van der Waals surface area contributed by atoms with E-state index in [4.69, 9.17) is 10.5 Å². The van der Waals surface area contributed by atoms with E-state index in [2.05, 4.69) is 4.98 Å². The quantitative estimate of drug-likeness (QED) is 0.896. The SMILES string of the molecule is Cc1cc(C(=O)N(C)CC2CCCOC2)cc(N)n1. The molecule has 2 rings (SSSR count). The number of pyridine rings is 1. The van der Waals surface area contributed by atoms with E-state index in [1.807, 2.05) is 14.0 Å². The van der Waals surface area contributed by atoms with Gasteiger partial charge in [-0.1, -0.05) is 0 Å². The first-order chi connectivity index (χ1) is 9.06. The number of nitrogen functional groups attached to an aromatic ring is 1. The highest BCUT2D eigenvalue weighted by atomic mass is 16.5. The maximum absolute atomic E-state index is 12.3. The molecule has 5 nitrogen and oxygen atoms in total. The van der Waals surface area contributed by atoms with Gasteiger partial charge in [0.1, 0.15) is 5.82 Å². The largest absolute Gasteiger partial charge is 0.384 e. The van der Waals surface area contributed by atoms with Gasteiger partial charge in [0, 0.05) is 31.5 Å². The summed E-state index contributed by atoms with van der Waals surface area (Å²) in [7, 11) is 1.82. The van der Waals surface area contributed by atoms with Crippen LogP contribution in [0, 0.1) is 12.8 Å². The molecule has 0 aromatic carbocycles. The summed E-state index contributed by atoms with van der Waals surface area (Å²) in [6.07, 6.45) is 2.20. The number of carbonyl (C=O) groups excluding carboxylic acids is 1. The van der Waals surface area contributed by atoms with Gasteiger partial charge >= 0.3 is 0 Å². The molecule has 1 aliphatic rings. The second kappa shape index (κ2) is 6.02. The van der Waals surface area contributed by atoms with Gasteiger partial charge in [0.25, 0.3) is 5.91 Å². The minimum absolute atomic E-state index is 0.0113. The number of aryl methyl sites for hydroxylation is 1. The van der Waals surface area contributed by atoms with Crippen molar-refractivity contribution in [2.24, 2.45) is 5.92 Å². The summed E-state index contributed by atoms with van der Waals surface area (Å²) in [5.74, 6) is 0.809. The van der Waals surface area contributed by atoms with Crippen molar-refractivity contribution in [3.63, 3.8) is 0 Å². The van der Waals surface area contributed by atoms with Gasteiger partial charge in [-0.15, -0.1) is 0 Å². The number of rotatable bonds is 3. The molecule has 0 radical (unpaired) electrons. The van der Waals surface area contributed by atoms with E-state index in [1.54, 1.807) is 17.0 Å². The zero-order chi connectivity index (χ0) is 13.8. The summed E-state index contributed by atoms with van der Waals surface area (Å²) in [4.78, 5) is 18.1. The monoisotopic (exact) mass is 263 g/mol. The summed E-state index contributed by atoms with van der Waals surface area (Å²) in [6, 6.07) is 3.40. The minimum Gasteiger partial charge on any atom is -0.384 e. The highest BCUT2D eigenvalue weighted by Gasteiger charge is 2.20. The van der Waals surface area contributed by atoms with E-state index < -0.39 is 0 Å². The molecule has 19 heavy (non-hydrogen) atoms. The van der Waals surface area contributed by atoms with Crippen LogP contribution in [-0.4, -0.2) is 42.6 Å². The van der Waals surface area contributed by atoms with Crippen molar-refractivity contribution in [3.8, 4) is 0 Å². The average molecular weight is 263 g/mol. The maximum atomic E-state index is 12.3. The number of aromatic nitrogens is 1. The Morgan fingerprint density at radius 2 is 2.37 bits per heavy atom. The summed E-state index contributed by atoms with van der Waals surface area (Å²) >= 11 is 0. The lowest BCUT2D eigenvalue weighted by Crippen LogP contribution is -2.35. The average Bonchev–Trinajstić information content (AvgIpc) is 2.37. The van der Waals surface area contributed by atoms with Crippen LogP contribution in [0.5, 0.6) is 0 Å². The van der Waals surface area contributed by atoms with Gasteiger partial charge in [0.05, 0.1) is 6.61 Å². The smallest absolute Gasteiger partial charge is 0.253 e. The molecular weight excluding hydrogens is 242 g/mol. The summed E-state index contributed by atoms with van der Waals surface area (Å²) in [5, 5.41) is 0. The van der Waals surface area contributed by atoms with Gasteiger partial charge < -0.3 is 15.4 Å². The molecule has 1 aliphatic heterocycles. The third-order valence-electron chi connectivity index (χ3n) is 3.35. The van der Waals surface area contributed by atoms with Crippen molar-refractivity contribution in [3.05, 3.63) is 23.4 Å². The van der Waals surface area contributed by atoms with Gasteiger partial charge in [0.15, 0.2) is 0 Å². The summed E-state index contributed by atoms with van der Waals surface area (Å²) < 4.78 is 5.44.